The van der Waals surface area contributed by atoms with Crippen molar-refractivity contribution in [2.75, 3.05) is 31.2 Å². The topological polar surface area (TPSA) is 73.3 Å². The maximum Gasteiger partial charge on any atom is 0.142 e. The predicted octanol–water partition coefficient (Wildman–Crippen LogP) is 0.648. The molecule has 1 rings (SSSR count). The van der Waals surface area contributed by atoms with Crippen molar-refractivity contribution in [1.82, 2.24) is 0 Å². The molecule has 0 unspecified atom stereocenters. The summed E-state index contributed by atoms with van der Waals surface area (Å²) in [7, 11) is 1.82. The van der Waals surface area contributed by atoms with Gasteiger partial charge in [0.25, 0.3) is 0 Å². The van der Waals surface area contributed by atoms with E-state index in [1.807, 2.05) is 19.2 Å². The first-order chi connectivity index (χ1) is 6.27. The zero-order chi connectivity index (χ0) is 9.68. The number of hydrogen-bond acceptors (Lipinski definition) is 4. The molecule has 0 aliphatic carbocycles. The van der Waals surface area contributed by atoms with E-state index in [-0.39, 0.29) is 0 Å². The van der Waals surface area contributed by atoms with Gasteiger partial charge in [0.05, 0.1) is 5.69 Å². The number of ether oxygens (including phenoxy) is 1. The van der Waals surface area contributed by atoms with Gasteiger partial charge in [0.2, 0.25) is 0 Å². The number of benzene rings is 1. The van der Waals surface area contributed by atoms with E-state index >= 15 is 0 Å². The smallest absolute Gasteiger partial charge is 0.142 e. The highest BCUT2D eigenvalue weighted by Gasteiger charge is 2.01. The maximum absolute atomic E-state index is 5.61. The van der Waals surface area contributed by atoms with E-state index in [1.165, 1.54) is 0 Å². The van der Waals surface area contributed by atoms with Gasteiger partial charge in [-0.2, -0.15) is 0 Å². The van der Waals surface area contributed by atoms with E-state index in [2.05, 4.69) is 5.32 Å². The molecule has 0 aliphatic heterocycles. The molecular formula is C9H15N3O. The van der Waals surface area contributed by atoms with Gasteiger partial charge in [-0.05, 0) is 18.2 Å². The minimum atomic E-state index is 0.507. The standard InChI is InChI=1S/C9H15N3O/c1-12-8-6-7(11)2-3-9(8)13-5-4-10/h2-3,6,12H,4-5,10-11H2,1H3. The summed E-state index contributed by atoms with van der Waals surface area (Å²) in [5.41, 5.74) is 12.5. The van der Waals surface area contributed by atoms with Crippen LogP contribution in [0.25, 0.3) is 0 Å². The molecule has 0 bridgehead atoms. The number of nitrogen functional groups attached to an aromatic ring is 1. The van der Waals surface area contributed by atoms with Crippen LogP contribution in [0.4, 0.5) is 11.4 Å². The van der Waals surface area contributed by atoms with E-state index in [1.54, 1.807) is 6.07 Å². The molecule has 5 N–H and O–H groups in total. The molecule has 0 radical (unpaired) electrons. The Kier molecular flexibility index (Phi) is 3.40. The second-order valence-electron chi connectivity index (χ2n) is 2.64. The molecule has 1 aromatic carbocycles. The molecule has 0 heterocycles. The van der Waals surface area contributed by atoms with Gasteiger partial charge in [0.15, 0.2) is 0 Å². The number of nitrogens with two attached hydrogens (primary N) is 2. The SMILES string of the molecule is CNc1cc(N)ccc1OCCN. The summed E-state index contributed by atoms with van der Waals surface area (Å²) in [6, 6.07) is 5.45. The van der Waals surface area contributed by atoms with Crippen LogP contribution >= 0.6 is 0 Å². The summed E-state index contributed by atoms with van der Waals surface area (Å²) >= 11 is 0. The minimum Gasteiger partial charge on any atom is -0.490 e. The fourth-order valence-corrected chi connectivity index (χ4v) is 1.04. The van der Waals surface area contributed by atoms with Crippen LogP contribution in [0.5, 0.6) is 5.75 Å². The highest BCUT2D eigenvalue weighted by molar-refractivity contribution is 5.63. The second kappa shape index (κ2) is 4.57. The van der Waals surface area contributed by atoms with E-state index < -0.39 is 0 Å². The number of rotatable bonds is 4. The lowest BCUT2D eigenvalue weighted by atomic mass is 10.2. The molecule has 0 amide bonds. The molecular weight excluding hydrogens is 166 g/mol. The molecule has 0 saturated carbocycles. The monoisotopic (exact) mass is 181 g/mol. The van der Waals surface area contributed by atoms with Crippen LogP contribution in [0, 0.1) is 0 Å². The van der Waals surface area contributed by atoms with E-state index in [0.29, 0.717) is 18.8 Å². The Balaban J connectivity index is 2.79. The first-order valence-corrected chi connectivity index (χ1v) is 4.18. The van der Waals surface area contributed by atoms with Crippen molar-refractivity contribution in [2.24, 2.45) is 5.73 Å². The van der Waals surface area contributed by atoms with Gasteiger partial charge in [-0.3, -0.25) is 0 Å². The Morgan fingerprint density at radius 3 is 2.85 bits per heavy atom. The van der Waals surface area contributed by atoms with Gasteiger partial charge in [-0.1, -0.05) is 0 Å². The van der Waals surface area contributed by atoms with Gasteiger partial charge >= 0.3 is 0 Å². The van der Waals surface area contributed by atoms with Crippen LogP contribution in [-0.4, -0.2) is 20.2 Å². The molecule has 72 valence electrons. The Bertz CT molecular complexity index is 276. The van der Waals surface area contributed by atoms with Crippen molar-refractivity contribution in [1.29, 1.82) is 0 Å². The fourth-order valence-electron chi connectivity index (χ4n) is 1.04. The van der Waals surface area contributed by atoms with Gasteiger partial charge < -0.3 is 21.5 Å². The molecule has 4 nitrogen and oxygen atoms in total. The molecule has 13 heavy (non-hydrogen) atoms. The van der Waals surface area contributed by atoms with E-state index in [0.717, 1.165) is 11.4 Å². The highest BCUT2D eigenvalue weighted by Crippen LogP contribution is 2.25. The van der Waals surface area contributed by atoms with Crippen molar-refractivity contribution in [3.63, 3.8) is 0 Å². The zero-order valence-corrected chi connectivity index (χ0v) is 7.71. The zero-order valence-electron chi connectivity index (χ0n) is 7.71. The second-order valence-corrected chi connectivity index (χ2v) is 2.64. The van der Waals surface area contributed by atoms with Crippen molar-refractivity contribution < 1.29 is 4.74 Å². The Morgan fingerprint density at radius 1 is 1.46 bits per heavy atom. The molecule has 4 heteroatoms. The van der Waals surface area contributed by atoms with Gasteiger partial charge in [0.1, 0.15) is 12.4 Å². The normalized spacial score (nSPS) is 9.69. The summed E-state index contributed by atoms with van der Waals surface area (Å²) in [6.07, 6.45) is 0. The summed E-state index contributed by atoms with van der Waals surface area (Å²) in [4.78, 5) is 0. The van der Waals surface area contributed by atoms with Crippen molar-refractivity contribution >= 4 is 11.4 Å². The van der Waals surface area contributed by atoms with Crippen molar-refractivity contribution in [3.8, 4) is 5.75 Å². The van der Waals surface area contributed by atoms with Gasteiger partial charge in [0, 0.05) is 19.3 Å². The van der Waals surface area contributed by atoms with Gasteiger partial charge in [-0.25, -0.2) is 0 Å². The number of nitrogens with one attached hydrogen (secondary N) is 1. The largest absolute Gasteiger partial charge is 0.490 e. The maximum atomic E-state index is 5.61. The third kappa shape index (κ3) is 2.52. The lowest BCUT2D eigenvalue weighted by molar-refractivity contribution is 0.330. The van der Waals surface area contributed by atoms with Gasteiger partial charge in [-0.15, -0.1) is 0 Å². The molecule has 0 atom stereocenters. The highest BCUT2D eigenvalue weighted by atomic mass is 16.5. The van der Waals surface area contributed by atoms with Crippen LogP contribution in [0.2, 0.25) is 0 Å². The lowest BCUT2D eigenvalue weighted by Gasteiger charge is -2.10. The third-order valence-electron chi connectivity index (χ3n) is 1.65. The molecule has 1 aromatic rings. The van der Waals surface area contributed by atoms with Crippen LogP contribution in [0.1, 0.15) is 0 Å². The molecule has 0 saturated heterocycles. The minimum absolute atomic E-state index is 0.507. The average molecular weight is 181 g/mol. The van der Waals surface area contributed by atoms with Crippen LogP contribution < -0.4 is 21.5 Å². The quantitative estimate of drug-likeness (QED) is 0.596. The van der Waals surface area contributed by atoms with Crippen molar-refractivity contribution in [2.45, 2.75) is 0 Å². The Hall–Kier alpha value is -1.42. The molecule has 0 aromatic heterocycles. The Labute approximate surface area is 77.9 Å². The van der Waals surface area contributed by atoms with E-state index in [4.69, 9.17) is 16.2 Å². The van der Waals surface area contributed by atoms with Crippen LogP contribution in [0.3, 0.4) is 0 Å². The average Bonchev–Trinajstić information content (AvgIpc) is 2.16. The van der Waals surface area contributed by atoms with Crippen molar-refractivity contribution in [3.05, 3.63) is 18.2 Å². The molecule has 0 spiro atoms. The fraction of sp³-hybridized carbons (Fsp3) is 0.333. The molecule has 0 aliphatic rings. The number of hydrogen-bond donors (Lipinski definition) is 3. The summed E-state index contributed by atoms with van der Waals surface area (Å²) in [5.74, 6) is 0.780. The Morgan fingerprint density at radius 2 is 2.23 bits per heavy atom. The van der Waals surface area contributed by atoms with Crippen LogP contribution in [0.15, 0.2) is 18.2 Å². The summed E-state index contributed by atoms with van der Waals surface area (Å²) in [6.45, 7) is 1.02. The van der Waals surface area contributed by atoms with E-state index in [9.17, 15) is 0 Å². The summed E-state index contributed by atoms with van der Waals surface area (Å²) in [5, 5.41) is 3.00. The lowest BCUT2D eigenvalue weighted by Crippen LogP contribution is -2.11. The predicted molar refractivity (Wildman–Crippen MR) is 55.0 cm³/mol. The van der Waals surface area contributed by atoms with Crippen LogP contribution in [-0.2, 0) is 0 Å². The number of anilines is 2. The molecule has 0 fully saturated rings. The first kappa shape index (κ1) is 9.67. The summed E-state index contributed by atoms with van der Waals surface area (Å²) < 4.78 is 5.39. The first-order valence-electron chi connectivity index (χ1n) is 4.18. The third-order valence-corrected chi connectivity index (χ3v) is 1.65.